The van der Waals surface area contributed by atoms with Crippen molar-refractivity contribution in [1.29, 1.82) is 0 Å². The lowest BCUT2D eigenvalue weighted by molar-refractivity contribution is 0.152. The van der Waals surface area contributed by atoms with Crippen LogP contribution in [0.4, 0.5) is 0 Å². The van der Waals surface area contributed by atoms with Gasteiger partial charge < -0.3 is 20.1 Å². The average Bonchev–Trinajstić information content (AvgIpc) is 2.47. The smallest absolute Gasteiger partial charge is 0.191 e. The van der Waals surface area contributed by atoms with Crippen LogP contribution in [-0.2, 0) is 11.3 Å². The minimum atomic E-state index is 0.157. The zero-order valence-electron chi connectivity index (χ0n) is 14.4. The van der Waals surface area contributed by atoms with E-state index < -0.39 is 0 Å². The van der Waals surface area contributed by atoms with Crippen LogP contribution in [0.1, 0.15) is 31.9 Å². The van der Waals surface area contributed by atoms with Crippen LogP contribution in [-0.4, -0.2) is 38.9 Å². The first-order valence-electron chi connectivity index (χ1n) is 7.85. The number of aliphatic imine (C=N–C) groups is 1. The van der Waals surface area contributed by atoms with Crippen molar-refractivity contribution < 1.29 is 9.47 Å². The molecule has 0 aliphatic carbocycles. The maximum Gasteiger partial charge on any atom is 0.191 e. The third kappa shape index (κ3) is 6.80. The van der Waals surface area contributed by atoms with Gasteiger partial charge in [0.05, 0.1) is 12.7 Å². The van der Waals surface area contributed by atoms with Gasteiger partial charge in [0.25, 0.3) is 0 Å². The molecule has 0 atom stereocenters. The number of hydrogen-bond acceptors (Lipinski definition) is 3. The van der Waals surface area contributed by atoms with E-state index in [4.69, 9.17) is 9.47 Å². The number of nitrogens with zero attached hydrogens (tertiary/aromatic N) is 1. The van der Waals surface area contributed by atoms with Crippen LogP contribution in [0, 0.1) is 6.92 Å². The number of nitrogens with one attached hydrogen (secondary N) is 2. The summed E-state index contributed by atoms with van der Waals surface area (Å²) in [6, 6.07) is 6.26. The largest absolute Gasteiger partial charge is 0.491 e. The normalized spacial score (nSPS) is 11.6. The van der Waals surface area contributed by atoms with Gasteiger partial charge in [0.15, 0.2) is 5.96 Å². The van der Waals surface area contributed by atoms with Crippen LogP contribution in [0.5, 0.6) is 5.75 Å². The third-order valence-electron chi connectivity index (χ3n) is 3.00. The molecule has 0 aliphatic heterocycles. The third-order valence-corrected chi connectivity index (χ3v) is 3.00. The molecule has 0 fully saturated rings. The van der Waals surface area contributed by atoms with Crippen LogP contribution in [0.3, 0.4) is 0 Å². The molecule has 1 aromatic rings. The van der Waals surface area contributed by atoms with Gasteiger partial charge >= 0.3 is 0 Å². The standard InChI is InChI=1S/C17H29N3O2/c1-6-21-10-9-19-17(18-5)20-12-15-8-7-14(4)11-16(15)22-13(2)3/h7-8,11,13H,6,9-10,12H2,1-5H3,(H2,18,19,20). The molecule has 0 aliphatic rings. The van der Waals surface area contributed by atoms with Gasteiger partial charge in [0.2, 0.25) is 0 Å². The topological polar surface area (TPSA) is 54.9 Å². The van der Waals surface area contributed by atoms with E-state index in [1.807, 2.05) is 20.8 Å². The minimum absolute atomic E-state index is 0.157. The van der Waals surface area contributed by atoms with E-state index in [0.717, 1.165) is 30.4 Å². The van der Waals surface area contributed by atoms with E-state index in [0.29, 0.717) is 13.2 Å². The van der Waals surface area contributed by atoms with Crippen molar-refractivity contribution in [2.24, 2.45) is 4.99 Å². The van der Waals surface area contributed by atoms with E-state index in [-0.39, 0.29) is 6.10 Å². The molecule has 0 aromatic heterocycles. The molecule has 0 spiro atoms. The van der Waals surface area contributed by atoms with Crippen molar-refractivity contribution in [3.63, 3.8) is 0 Å². The quantitative estimate of drug-likeness (QED) is 0.440. The van der Waals surface area contributed by atoms with Crippen molar-refractivity contribution in [3.05, 3.63) is 29.3 Å². The van der Waals surface area contributed by atoms with Gasteiger partial charge in [-0.05, 0) is 39.3 Å². The minimum Gasteiger partial charge on any atom is -0.491 e. The first-order valence-corrected chi connectivity index (χ1v) is 7.85. The van der Waals surface area contributed by atoms with Crippen molar-refractivity contribution in [2.45, 2.75) is 40.3 Å². The van der Waals surface area contributed by atoms with E-state index in [9.17, 15) is 0 Å². The molecule has 124 valence electrons. The summed E-state index contributed by atoms with van der Waals surface area (Å²) in [4.78, 5) is 4.21. The summed E-state index contributed by atoms with van der Waals surface area (Å²) >= 11 is 0. The molecular formula is C17H29N3O2. The van der Waals surface area contributed by atoms with Gasteiger partial charge in [0.1, 0.15) is 5.75 Å². The van der Waals surface area contributed by atoms with Gasteiger partial charge in [-0.15, -0.1) is 0 Å². The van der Waals surface area contributed by atoms with Crippen molar-refractivity contribution in [1.82, 2.24) is 10.6 Å². The fourth-order valence-electron chi connectivity index (χ4n) is 1.96. The molecular weight excluding hydrogens is 278 g/mol. The summed E-state index contributed by atoms with van der Waals surface area (Å²) in [6.07, 6.45) is 0.157. The van der Waals surface area contributed by atoms with E-state index in [2.05, 4.69) is 40.7 Å². The fraction of sp³-hybridized carbons (Fsp3) is 0.588. The molecule has 0 saturated carbocycles. The molecule has 1 aromatic carbocycles. The molecule has 22 heavy (non-hydrogen) atoms. The lowest BCUT2D eigenvalue weighted by Gasteiger charge is -2.17. The maximum atomic E-state index is 5.88. The van der Waals surface area contributed by atoms with Crippen LogP contribution in [0.25, 0.3) is 0 Å². The van der Waals surface area contributed by atoms with Crippen LogP contribution < -0.4 is 15.4 Å². The first-order chi connectivity index (χ1) is 10.6. The Balaban J connectivity index is 2.58. The Labute approximate surface area is 134 Å². The number of rotatable bonds is 8. The number of ether oxygens (including phenoxy) is 2. The lowest BCUT2D eigenvalue weighted by Crippen LogP contribution is -2.38. The lowest BCUT2D eigenvalue weighted by atomic mass is 10.1. The Hall–Kier alpha value is -1.75. The number of aryl methyl sites for hydroxylation is 1. The van der Waals surface area contributed by atoms with E-state index >= 15 is 0 Å². The van der Waals surface area contributed by atoms with Crippen molar-refractivity contribution >= 4 is 5.96 Å². The highest BCUT2D eigenvalue weighted by molar-refractivity contribution is 5.79. The molecule has 0 radical (unpaired) electrons. The van der Waals surface area contributed by atoms with Gasteiger partial charge in [-0.1, -0.05) is 12.1 Å². The molecule has 2 N–H and O–H groups in total. The van der Waals surface area contributed by atoms with Crippen molar-refractivity contribution in [2.75, 3.05) is 26.8 Å². The summed E-state index contributed by atoms with van der Waals surface area (Å²) < 4.78 is 11.2. The van der Waals surface area contributed by atoms with Crippen molar-refractivity contribution in [3.8, 4) is 5.75 Å². The second kappa shape index (κ2) is 10.1. The Bertz CT molecular complexity index is 473. The predicted molar refractivity (Wildman–Crippen MR) is 91.6 cm³/mol. The number of guanidine groups is 1. The summed E-state index contributed by atoms with van der Waals surface area (Å²) in [6.45, 7) is 10.9. The zero-order chi connectivity index (χ0) is 16.4. The van der Waals surface area contributed by atoms with Crippen LogP contribution in [0.15, 0.2) is 23.2 Å². The average molecular weight is 307 g/mol. The molecule has 1 rings (SSSR count). The van der Waals surface area contributed by atoms with Gasteiger partial charge in [-0.25, -0.2) is 0 Å². The second-order valence-electron chi connectivity index (χ2n) is 5.33. The molecule has 0 unspecified atom stereocenters. The highest BCUT2D eigenvalue weighted by atomic mass is 16.5. The van der Waals surface area contributed by atoms with Gasteiger partial charge in [0, 0.05) is 32.3 Å². The molecule has 0 bridgehead atoms. The first kappa shape index (κ1) is 18.3. The van der Waals surface area contributed by atoms with Crippen LogP contribution in [0.2, 0.25) is 0 Å². The molecule has 5 heteroatoms. The Morgan fingerprint density at radius 3 is 2.68 bits per heavy atom. The zero-order valence-corrected chi connectivity index (χ0v) is 14.4. The fourth-order valence-corrected chi connectivity index (χ4v) is 1.96. The molecule has 5 nitrogen and oxygen atoms in total. The molecule has 0 saturated heterocycles. The molecule has 0 amide bonds. The molecule has 0 heterocycles. The van der Waals surface area contributed by atoms with E-state index in [1.165, 1.54) is 5.56 Å². The summed E-state index contributed by atoms with van der Waals surface area (Å²) in [5, 5.41) is 6.52. The Morgan fingerprint density at radius 1 is 1.27 bits per heavy atom. The van der Waals surface area contributed by atoms with Gasteiger partial charge in [-0.2, -0.15) is 0 Å². The number of benzene rings is 1. The Morgan fingerprint density at radius 2 is 2.05 bits per heavy atom. The summed E-state index contributed by atoms with van der Waals surface area (Å²) in [7, 11) is 1.76. The number of hydrogen-bond donors (Lipinski definition) is 2. The summed E-state index contributed by atoms with van der Waals surface area (Å²) in [5.41, 5.74) is 2.31. The van der Waals surface area contributed by atoms with E-state index in [1.54, 1.807) is 7.05 Å². The second-order valence-corrected chi connectivity index (χ2v) is 5.33. The Kier molecular flexibility index (Phi) is 8.36. The monoisotopic (exact) mass is 307 g/mol. The highest BCUT2D eigenvalue weighted by Crippen LogP contribution is 2.21. The highest BCUT2D eigenvalue weighted by Gasteiger charge is 2.07. The maximum absolute atomic E-state index is 5.88. The van der Waals surface area contributed by atoms with Crippen LogP contribution >= 0.6 is 0 Å². The summed E-state index contributed by atoms with van der Waals surface area (Å²) in [5.74, 6) is 1.68. The van der Waals surface area contributed by atoms with Gasteiger partial charge in [-0.3, -0.25) is 4.99 Å². The predicted octanol–water partition coefficient (Wildman–Crippen LogP) is 2.48. The SMILES string of the molecule is CCOCCNC(=NC)NCc1ccc(C)cc1OC(C)C.